The van der Waals surface area contributed by atoms with Gasteiger partial charge in [-0.15, -0.1) is 17.8 Å². The number of thiophene rings is 1. The molecule has 0 spiro atoms. The Morgan fingerprint density at radius 2 is 2.23 bits per heavy atom. The lowest BCUT2D eigenvalue weighted by atomic mass is 10.2. The normalized spacial score (nSPS) is 16.8. The molecule has 1 atom stereocenters. The van der Waals surface area contributed by atoms with E-state index in [-0.39, 0.29) is 29.1 Å². The number of terminal acetylenes is 1. The second-order valence-corrected chi connectivity index (χ2v) is 5.88. The summed E-state index contributed by atoms with van der Waals surface area (Å²) in [6, 6.07) is 1.27. The largest absolute Gasteiger partial charge is 0.355 e. The van der Waals surface area contributed by atoms with Crippen LogP contribution in [-0.2, 0) is 4.79 Å². The quantitative estimate of drug-likeness (QED) is 0.495. The van der Waals surface area contributed by atoms with Crippen LogP contribution in [0.3, 0.4) is 0 Å². The highest BCUT2D eigenvalue weighted by Crippen LogP contribution is 2.34. The molecular weight excluding hydrogens is 304 g/mol. The van der Waals surface area contributed by atoms with Crippen molar-refractivity contribution in [1.29, 1.82) is 0 Å². The molecule has 1 N–H and O–H groups in total. The second-order valence-electron chi connectivity index (χ2n) is 4.99. The van der Waals surface area contributed by atoms with Gasteiger partial charge >= 0.3 is 5.69 Å². The zero-order valence-corrected chi connectivity index (χ0v) is 13.1. The maximum atomic E-state index is 11.9. The van der Waals surface area contributed by atoms with Gasteiger partial charge in [-0.1, -0.05) is 5.92 Å². The maximum Gasteiger partial charge on any atom is 0.303 e. The fraction of sp³-hybridized carbons (Fsp3) is 0.500. The van der Waals surface area contributed by atoms with E-state index in [0.717, 1.165) is 0 Å². The van der Waals surface area contributed by atoms with E-state index < -0.39 is 0 Å². The number of rotatable bonds is 5. The molecule has 0 saturated carbocycles. The number of hydrogen-bond donors (Lipinski definition) is 1. The average Bonchev–Trinajstić information content (AvgIpc) is 3.02. The summed E-state index contributed by atoms with van der Waals surface area (Å²) in [5, 5.41) is 16.1. The molecule has 0 aromatic carbocycles. The van der Waals surface area contributed by atoms with Crippen LogP contribution in [0.1, 0.15) is 6.92 Å². The first kappa shape index (κ1) is 16.3. The van der Waals surface area contributed by atoms with Crippen molar-refractivity contribution >= 4 is 27.9 Å². The van der Waals surface area contributed by atoms with E-state index in [9.17, 15) is 14.9 Å². The molecule has 1 aliphatic rings. The summed E-state index contributed by atoms with van der Waals surface area (Å²) in [5.41, 5.74) is 0.151. The summed E-state index contributed by atoms with van der Waals surface area (Å²) >= 11 is 1.38. The van der Waals surface area contributed by atoms with Crippen molar-refractivity contribution < 1.29 is 9.72 Å². The van der Waals surface area contributed by atoms with E-state index in [4.69, 9.17) is 6.42 Å². The Kier molecular flexibility index (Phi) is 5.35. The van der Waals surface area contributed by atoms with E-state index in [1.807, 2.05) is 11.8 Å². The third kappa shape index (κ3) is 3.55. The van der Waals surface area contributed by atoms with Gasteiger partial charge in [0, 0.05) is 32.2 Å². The highest BCUT2D eigenvalue weighted by atomic mass is 32.1. The van der Waals surface area contributed by atoms with Crippen LogP contribution >= 0.6 is 11.3 Å². The molecule has 2 rings (SSSR count). The smallest absolute Gasteiger partial charge is 0.303 e. The number of nitrogens with one attached hydrogen (secondary N) is 1. The Hall–Kier alpha value is -2.11. The molecule has 0 radical (unpaired) electrons. The van der Waals surface area contributed by atoms with E-state index in [0.29, 0.717) is 31.2 Å². The minimum atomic E-state index is -0.353. The lowest BCUT2D eigenvalue weighted by molar-refractivity contribution is -0.383. The van der Waals surface area contributed by atoms with Gasteiger partial charge in [0.15, 0.2) is 5.00 Å². The minimum absolute atomic E-state index is 0.0893. The van der Waals surface area contributed by atoms with Gasteiger partial charge < -0.3 is 10.2 Å². The molecule has 8 heteroatoms. The molecule has 1 aromatic heterocycles. The number of amides is 1. The molecule has 1 fully saturated rings. The zero-order chi connectivity index (χ0) is 16.1. The lowest BCUT2D eigenvalue weighted by Gasteiger charge is -2.37. The van der Waals surface area contributed by atoms with Crippen molar-refractivity contribution in [1.82, 2.24) is 10.2 Å². The topological polar surface area (TPSA) is 78.7 Å². The molecule has 0 bridgehead atoms. The summed E-state index contributed by atoms with van der Waals surface area (Å²) in [6.45, 7) is 4.75. The number of anilines is 1. The van der Waals surface area contributed by atoms with Gasteiger partial charge in [0.2, 0.25) is 5.91 Å². The van der Waals surface area contributed by atoms with Gasteiger partial charge in [-0.25, -0.2) is 0 Å². The summed E-state index contributed by atoms with van der Waals surface area (Å²) in [6.07, 6.45) is 5.13. The fourth-order valence-electron chi connectivity index (χ4n) is 2.43. The van der Waals surface area contributed by atoms with Crippen LogP contribution in [0.2, 0.25) is 0 Å². The van der Waals surface area contributed by atoms with E-state index in [1.165, 1.54) is 17.4 Å². The van der Waals surface area contributed by atoms with Crippen LogP contribution in [0.4, 0.5) is 10.7 Å². The molecule has 0 unspecified atom stereocenters. The molecule has 0 aliphatic carbocycles. The predicted octanol–water partition coefficient (Wildman–Crippen LogP) is 0.916. The average molecular weight is 322 g/mol. The summed E-state index contributed by atoms with van der Waals surface area (Å²) in [7, 11) is 0. The molecule has 7 nitrogen and oxygen atoms in total. The SMILES string of the molecule is C#CCNC(=O)[C@@H](C)N1CCN(c2sccc2[N+](=O)[O-])CC1. The molecule has 1 saturated heterocycles. The number of nitrogens with zero attached hydrogens (tertiary/aromatic N) is 3. The first-order valence-corrected chi connectivity index (χ1v) is 7.84. The minimum Gasteiger partial charge on any atom is -0.355 e. The van der Waals surface area contributed by atoms with E-state index in [2.05, 4.69) is 16.1 Å². The molecular formula is C14H18N4O3S. The Morgan fingerprint density at radius 1 is 1.55 bits per heavy atom. The van der Waals surface area contributed by atoms with Crippen molar-refractivity contribution in [3.63, 3.8) is 0 Å². The number of hydrogen-bond acceptors (Lipinski definition) is 6. The Bertz CT molecular complexity index is 587. The molecule has 118 valence electrons. The summed E-state index contributed by atoms with van der Waals surface area (Å²) in [4.78, 5) is 26.6. The summed E-state index contributed by atoms with van der Waals surface area (Å²) in [5.74, 6) is 2.29. The maximum absolute atomic E-state index is 11.9. The van der Waals surface area contributed by atoms with Gasteiger partial charge in [-0.2, -0.15) is 0 Å². The highest BCUT2D eigenvalue weighted by Gasteiger charge is 2.28. The monoisotopic (exact) mass is 322 g/mol. The number of carbonyl (C=O) groups is 1. The molecule has 1 aliphatic heterocycles. The van der Waals surface area contributed by atoms with Crippen molar-refractivity contribution in [3.8, 4) is 12.3 Å². The Labute approximate surface area is 133 Å². The van der Waals surface area contributed by atoms with E-state index >= 15 is 0 Å². The Balaban J connectivity index is 1.93. The van der Waals surface area contributed by atoms with Gasteiger partial charge in [0.05, 0.1) is 17.5 Å². The van der Waals surface area contributed by atoms with Crippen LogP contribution in [0.5, 0.6) is 0 Å². The second kappa shape index (κ2) is 7.24. The molecule has 2 heterocycles. The predicted molar refractivity (Wildman–Crippen MR) is 86.1 cm³/mol. The zero-order valence-electron chi connectivity index (χ0n) is 12.3. The van der Waals surface area contributed by atoms with Crippen molar-refractivity contribution in [2.75, 3.05) is 37.6 Å². The highest BCUT2D eigenvalue weighted by molar-refractivity contribution is 7.14. The third-order valence-corrected chi connectivity index (χ3v) is 4.68. The third-order valence-electron chi connectivity index (χ3n) is 3.71. The molecule has 22 heavy (non-hydrogen) atoms. The molecule has 1 amide bonds. The van der Waals surface area contributed by atoms with Gasteiger partial charge in [0.1, 0.15) is 0 Å². The molecule has 1 aromatic rings. The van der Waals surface area contributed by atoms with E-state index in [1.54, 1.807) is 5.38 Å². The van der Waals surface area contributed by atoms with Crippen LogP contribution in [-0.4, -0.2) is 54.5 Å². The van der Waals surface area contributed by atoms with Crippen LogP contribution in [0.15, 0.2) is 11.4 Å². The van der Waals surface area contributed by atoms with Gasteiger partial charge in [-0.3, -0.25) is 19.8 Å². The van der Waals surface area contributed by atoms with Crippen LogP contribution in [0, 0.1) is 22.5 Å². The number of carbonyl (C=O) groups excluding carboxylic acids is 1. The van der Waals surface area contributed by atoms with Crippen molar-refractivity contribution in [3.05, 3.63) is 21.6 Å². The lowest BCUT2D eigenvalue weighted by Crippen LogP contribution is -2.54. The number of nitro groups is 1. The first-order chi connectivity index (χ1) is 10.5. The summed E-state index contributed by atoms with van der Waals surface area (Å²) < 4.78 is 0. The standard InChI is InChI=1S/C14H18N4O3S/c1-3-5-15-13(19)11(2)16-6-8-17(9-7-16)14-12(18(20)21)4-10-22-14/h1,4,10-11H,5-9H2,2H3,(H,15,19)/t11-/m1/s1. The Morgan fingerprint density at radius 3 is 2.82 bits per heavy atom. The van der Waals surface area contributed by atoms with Crippen molar-refractivity contribution in [2.24, 2.45) is 0 Å². The fourth-order valence-corrected chi connectivity index (χ4v) is 3.35. The van der Waals surface area contributed by atoms with Crippen LogP contribution in [0.25, 0.3) is 0 Å². The first-order valence-electron chi connectivity index (χ1n) is 6.96. The van der Waals surface area contributed by atoms with Crippen molar-refractivity contribution in [2.45, 2.75) is 13.0 Å². The van der Waals surface area contributed by atoms with Gasteiger partial charge in [-0.05, 0) is 12.3 Å². The number of piperazine rings is 1. The van der Waals surface area contributed by atoms with Crippen LogP contribution < -0.4 is 10.2 Å². The van der Waals surface area contributed by atoms with Gasteiger partial charge in [0.25, 0.3) is 0 Å².